The molecule has 2 aliphatic heterocycles. The van der Waals surface area contributed by atoms with Crippen molar-refractivity contribution in [3.8, 4) is 11.5 Å². The number of nitrogens with zero attached hydrogens (tertiary/aromatic N) is 2. The number of hydrogen-bond acceptors (Lipinski definition) is 7. The van der Waals surface area contributed by atoms with Crippen LogP contribution in [0.5, 0.6) is 11.5 Å². The van der Waals surface area contributed by atoms with Gasteiger partial charge in [-0.1, -0.05) is 18.2 Å². The monoisotopic (exact) mass is 352 g/mol. The Hall–Kier alpha value is -3.68. The quantitative estimate of drug-likeness (QED) is 0.364. The van der Waals surface area contributed by atoms with Crippen LogP contribution in [0, 0.1) is 17.0 Å². The van der Waals surface area contributed by atoms with Crippen LogP contribution in [0.25, 0.3) is 6.08 Å². The van der Waals surface area contributed by atoms with Crippen LogP contribution in [-0.2, 0) is 9.53 Å². The number of aryl methyl sites for hydroxylation is 1. The molecule has 0 bridgehead atoms. The topological polar surface area (TPSA) is 100 Å². The Labute approximate surface area is 147 Å². The molecule has 26 heavy (non-hydrogen) atoms. The molecular weight excluding hydrogens is 340 g/mol. The Kier molecular flexibility index (Phi) is 3.65. The number of nitro groups is 1. The van der Waals surface area contributed by atoms with Gasteiger partial charge in [-0.05, 0) is 30.7 Å². The average Bonchev–Trinajstić information content (AvgIpc) is 3.21. The zero-order chi connectivity index (χ0) is 18.3. The Morgan fingerprint density at radius 3 is 2.65 bits per heavy atom. The van der Waals surface area contributed by atoms with Crippen molar-refractivity contribution in [3.63, 3.8) is 0 Å². The largest absolute Gasteiger partial charge is 0.454 e. The Morgan fingerprint density at radius 1 is 1.19 bits per heavy atom. The molecule has 0 radical (unpaired) electrons. The molecule has 0 aromatic heterocycles. The van der Waals surface area contributed by atoms with Crippen molar-refractivity contribution in [2.75, 3.05) is 6.79 Å². The SMILES string of the molecule is Cc1ccccc1C1=N/C(=C\c2cc3c(cc2[N+](=O)[O-])OCO3)C(=O)O1. The molecule has 4 rings (SSSR count). The fourth-order valence-corrected chi connectivity index (χ4v) is 2.71. The molecular formula is C18H12N2O6. The molecule has 0 saturated carbocycles. The highest BCUT2D eigenvalue weighted by atomic mass is 16.7. The Bertz CT molecular complexity index is 1010. The number of benzene rings is 2. The summed E-state index contributed by atoms with van der Waals surface area (Å²) in [5, 5.41) is 11.3. The van der Waals surface area contributed by atoms with Gasteiger partial charge in [-0.3, -0.25) is 10.1 Å². The first-order valence-corrected chi connectivity index (χ1v) is 7.69. The standard InChI is InChI=1S/C18H12N2O6/c1-10-4-2-3-5-12(10)17-19-13(18(21)26-17)6-11-7-15-16(25-9-24-15)8-14(11)20(22)23/h2-8H,9H2,1H3/b13-6-. The van der Waals surface area contributed by atoms with Crippen molar-refractivity contribution in [1.82, 2.24) is 0 Å². The van der Waals surface area contributed by atoms with Crippen molar-refractivity contribution in [2.45, 2.75) is 6.92 Å². The Morgan fingerprint density at radius 2 is 1.92 bits per heavy atom. The highest BCUT2D eigenvalue weighted by Crippen LogP contribution is 2.39. The normalized spacial score (nSPS) is 16.6. The van der Waals surface area contributed by atoms with E-state index in [9.17, 15) is 14.9 Å². The van der Waals surface area contributed by atoms with E-state index in [1.807, 2.05) is 25.1 Å². The van der Waals surface area contributed by atoms with E-state index < -0.39 is 10.9 Å². The zero-order valence-corrected chi connectivity index (χ0v) is 13.6. The van der Waals surface area contributed by atoms with E-state index in [1.165, 1.54) is 18.2 Å². The maximum atomic E-state index is 12.2. The molecule has 0 saturated heterocycles. The van der Waals surface area contributed by atoms with Gasteiger partial charge in [0.05, 0.1) is 16.6 Å². The van der Waals surface area contributed by atoms with Crippen molar-refractivity contribution in [3.05, 3.63) is 68.9 Å². The lowest BCUT2D eigenvalue weighted by atomic mass is 10.1. The van der Waals surface area contributed by atoms with Gasteiger partial charge in [0.2, 0.25) is 12.7 Å². The molecule has 2 aromatic rings. The van der Waals surface area contributed by atoms with Crippen LogP contribution in [0.1, 0.15) is 16.7 Å². The van der Waals surface area contributed by atoms with Crippen LogP contribution in [0.4, 0.5) is 5.69 Å². The number of carbonyl (C=O) groups excluding carboxylic acids is 1. The predicted octanol–water partition coefficient (Wildman–Crippen LogP) is 2.98. The summed E-state index contributed by atoms with van der Waals surface area (Å²) in [5.74, 6) is 0.159. The summed E-state index contributed by atoms with van der Waals surface area (Å²) in [6, 6.07) is 10.0. The maximum absolute atomic E-state index is 12.2. The van der Waals surface area contributed by atoms with Crippen LogP contribution in [0.15, 0.2) is 47.1 Å². The van der Waals surface area contributed by atoms with Crippen LogP contribution >= 0.6 is 0 Å². The third-order valence-corrected chi connectivity index (χ3v) is 4.01. The summed E-state index contributed by atoms with van der Waals surface area (Å²) < 4.78 is 15.6. The van der Waals surface area contributed by atoms with Gasteiger partial charge in [-0.15, -0.1) is 0 Å². The molecule has 0 unspecified atom stereocenters. The molecule has 0 fully saturated rings. The number of rotatable bonds is 3. The highest BCUT2D eigenvalue weighted by molar-refractivity contribution is 6.13. The minimum atomic E-state index is -0.671. The van der Waals surface area contributed by atoms with Gasteiger partial charge >= 0.3 is 5.97 Å². The molecule has 0 aliphatic carbocycles. The first kappa shape index (κ1) is 15.8. The molecule has 8 heteroatoms. The maximum Gasteiger partial charge on any atom is 0.363 e. The second-order valence-electron chi connectivity index (χ2n) is 5.67. The summed E-state index contributed by atoms with van der Waals surface area (Å²) in [4.78, 5) is 27.1. The van der Waals surface area contributed by atoms with E-state index in [0.29, 0.717) is 11.3 Å². The van der Waals surface area contributed by atoms with Crippen molar-refractivity contribution < 1.29 is 23.9 Å². The van der Waals surface area contributed by atoms with Gasteiger partial charge in [0.15, 0.2) is 17.2 Å². The number of esters is 1. The van der Waals surface area contributed by atoms with E-state index in [1.54, 1.807) is 6.07 Å². The molecule has 0 amide bonds. The van der Waals surface area contributed by atoms with Gasteiger partial charge < -0.3 is 14.2 Å². The van der Waals surface area contributed by atoms with Gasteiger partial charge in [0.1, 0.15) is 0 Å². The molecule has 2 aliphatic rings. The molecule has 130 valence electrons. The van der Waals surface area contributed by atoms with E-state index in [2.05, 4.69) is 4.99 Å². The fraction of sp³-hybridized carbons (Fsp3) is 0.111. The van der Waals surface area contributed by atoms with E-state index >= 15 is 0 Å². The number of carbonyl (C=O) groups is 1. The number of fused-ring (bicyclic) bond motifs is 1. The lowest BCUT2D eigenvalue weighted by Gasteiger charge is -2.02. The van der Waals surface area contributed by atoms with Crippen LogP contribution in [-0.4, -0.2) is 23.6 Å². The third-order valence-electron chi connectivity index (χ3n) is 4.01. The first-order chi connectivity index (χ1) is 12.5. The predicted molar refractivity (Wildman–Crippen MR) is 91.0 cm³/mol. The van der Waals surface area contributed by atoms with E-state index in [4.69, 9.17) is 14.2 Å². The molecule has 2 heterocycles. The van der Waals surface area contributed by atoms with E-state index in [0.717, 1.165) is 5.56 Å². The Balaban J connectivity index is 1.78. The summed E-state index contributed by atoms with van der Waals surface area (Å²) in [5.41, 5.74) is 1.53. The lowest BCUT2D eigenvalue weighted by molar-refractivity contribution is -0.385. The number of aliphatic imine (C=N–C) groups is 1. The minimum absolute atomic E-state index is 0.00978. The van der Waals surface area contributed by atoms with Gasteiger partial charge in [0.25, 0.3) is 5.69 Å². The fourth-order valence-electron chi connectivity index (χ4n) is 2.71. The van der Waals surface area contributed by atoms with Gasteiger partial charge in [-0.25, -0.2) is 9.79 Å². The van der Waals surface area contributed by atoms with Crippen LogP contribution < -0.4 is 9.47 Å². The minimum Gasteiger partial charge on any atom is -0.454 e. The summed E-state index contributed by atoms with van der Waals surface area (Å²) in [6.45, 7) is 1.86. The van der Waals surface area contributed by atoms with Crippen molar-refractivity contribution in [1.29, 1.82) is 0 Å². The third kappa shape index (κ3) is 2.67. The van der Waals surface area contributed by atoms with Gasteiger partial charge in [0, 0.05) is 5.56 Å². The van der Waals surface area contributed by atoms with Gasteiger partial charge in [-0.2, -0.15) is 0 Å². The smallest absolute Gasteiger partial charge is 0.363 e. The number of hydrogen-bond donors (Lipinski definition) is 0. The second kappa shape index (κ2) is 5.99. The number of ether oxygens (including phenoxy) is 3. The lowest BCUT2D eigenvalue weighted by Crippen LogP contribution is -2.06. The van der Waals surface area contributed by atoms with Crippen LogP contribution in [0.2, 0.25) is 0 Å². The molecule has 0 spiro atoms. The van der Waals surface area contributed by atoms with Crippen LogP contribution in [0.3, 0.4) is 0 Å². The zero-order valence-electron chi connectivity index (χ0n) is 13.6. The van der Waals surface area contributed by atoms with Crippen molar-refractivity contribution >= 4 is 23.6 Å². The van der Waals surface area contributed by atoms with E-state index in [-0.39, 0.29) is 35.4 Å². The highest BCUT2D eigenvalue weighted by Gasteiger charge is 2.28. The first-order valence-electron chi connectivity index (χ1n) is 7.69. The molecule has 0 N–H and O–H groups in total. The number of cyclic esters (lactones) is 1. The average molecular weight is 352 g/mol. The summed E-state index contributed by atoms with van der Waals surface area (Å²) >= 11 is 0. The van der Waals surface area contributed by atoms with Crippen molar-refractivity contribution in [2.24, 2.45) is 4.99 Å². The molecule has 8 nitrogen and oxygen atoms in total. The second-order valence-corrected chi connectivity index (χ2v) is 5.67. The molecule has 0 atom stereocenters. The summed E-state index contributed by atoms with van der Waals surface area (Å²) in [6.07, 6.45) is 1.31. The molecule has 2 aromatic carbocycles. The summed E-state index contributed by atoms with van der Waals surface area (Å²) in [7, 11) is 0. The number of nitro benzene ring substituents is 1.